The van der Waals surface area contributed by atoms with Gasteiger partial charge in [0, 0.05) is 11.7 Å². The highest BCUT2D eigenvalue weighted by molar-refractivity contribution is 5.92. The fourth-order valence-electron chi connectivity index (χ4n) is 2.56. The average Bonchev–Trinajstić information content (AvgIpc) is 2.42. The second-order valence-corrected chi connectivity index (χ2v) is 5.17. The Labute approximate surface area is 114 Å². The normalized spacial score (nSPS) is 20.2. The quantitative estimate of drug-likeness (QED) is 0.869. The molecule has 1 heterocycles. The van der Waals surface area contributed by atoms with E-state index in [4.69, 9.17) is 0 Å². The van der Waals surface area contributed by atoms with E-state index in [0.29, 0.717) is 6.54 Å². The van der Waals surface area contributed by atoms with Gasteiger partial charge in [0.25, 0.3) is 0 Å². The number of aryl methyl sites for hydroxylation is 1. The number of nitrogens with zero attached hydrogens (tertiary/aromatic N) is 1. The zero-order chi connectivity index (χ0) is 13.7. The van der Waals surface area contributed by atoms with Crippen LogP contribution in [0, 0.1) is 6.92 Å². The number of rotatable bonds is 4. The third kappa shape index (κ3) is 3.78. The number of carbonyl (C=O) groups excluding carboxylic acids is 1. The predicted molar refractivity (Wildman–Crippen MR) is 76.1 cm³/mol. The van der Waals surface area contributed by atoms with Crippen molar-refractivity contribution in [3.63, 3.8) is 0 Å². The molecule has 2 N–H and O–H groups in total. The minimum Gasteiger partial charge on any atom is -0.395 e. The van der Waals surface area contributed by atoms with Crippen molar-refractivity contribution in [2.45, 2.75) is 32.2 Å². The molecular weight excluding hydrogens is 240 g/mol. The molecule has 19 heavy (non-hydrogen) atoms. The van der Waals surface area contributed by atoms with Gasteiger partial charge in [-0.1, -0.05) is 24.6 Å². The molecule has 104 valence electrons. The number of hydrogen-bond acceptors (Lipinski definition) is 3. The van der Waals surface area contributed by atoms with Gasteiger partial charge in [-0.15, -0.1) is 0 Å². The number of amides is 1. The molecule has 1 aliphatic heterocycles. The topological polar surface area (TPSA) is 52.6 Å². The molecular formula is C15H22N2O2. The molecule has 1 fully saturated rings. The summed E-state index contributed by atoms with van der Waals surface area (Å²) < 4.78 is 0. The van der Waals surface area contributed by atoms with Gasteiger partial charge >= 0.3 is 0 Å². The molecule has 1 aliphatic rings. The summed E-state index contributed by atoms with van der Waals surface area (Å²) in [5.41, 5.74) is 1.93. The number of hydrogen-bond donors (Lipinski definition) is 2. The zero-order valence-electron chi connectivity index (χ0n) is 11.4. The fourth-order valence-corrected chi connectivity index (χ4v) is 2.56. The summed E-state index contributed by atoms with van der Waals surface area (Å²) in [6.45, 7) is 3.37. The van der Waals surface area contributed by atoms with Crippen LogP contribution >= 0.6 is 0 Å². The van der Waals surface area contributed by atoms with E-state index in [9.17, 15) is 9.90 Å². The molecule has 0 aromatic heterocycles. The highest BCUT2D eigenvalue weighted by Gasteiger charge is 2.23. The molecule has 0 bridgehead atoms. The number of aliphatic hydroxyl groups excluding tert-OH is 1. The van der Waals surface area contributed by atoms with Gasteiger partial charge in [-0.3, -0.25) is 9.69 Å². The molecule has 4 heteroatoms. The van der Waals surface area contributed by atoms with Gasteiger partial charge in [0.05, 0.1) is 13.2 Å². The first-order chi connectivity index (χ1) is 9.20. The number of aliphatic hydroxyl groups is 1. The second kappa shape index (κ2) is 6.68. The molecule has 0 radical (unpaired) electrons. The van der Waals surface area contributed by atoms with E-state index >= 15 is 0 Å². The van der Waals surface area contributed by atoms with Gasteiger partial charge in [0.1, 0.15) is 0 Å². The molecule has 2 rings (SSSR count). The molecule has 1 amide bonds. The molecule has 1 aromatic rings. The first-order valence-corrected chi connectivity index (χ1v) is 6.91. The summed E-state index contributed by atoms with van der Waals surface area (Å²) in [4.78, 5) is 14.1. The van der Waals surface area contributed by atoms with Gasteiger partial charge in [0.2, 0.25) is 5.91 Å². The summed E-state index contributed by atoms with van der Waals surface area (Å²) in [6, 6.07) is 7.90. The first-order valence-electron chi connectivity index (χ1n) is 6.91. The molecule has 0 spiro atoms. The highest BCUT2D eigenvalue weighted by atomic mass is 16.3. The Morgan fingerprint density at radius 1 is 1.42 bits per heavy atom. The summed E-state index contributed by atoms with van der Waals surface area (Å²) >= 11 is 0. The number of piperidine rings is 1. The van der Waals surface area contributed by atoms with Crippen LogP contribution in [0.2, 0.25) is 0 Å². The summed E-state index contributed by atoms with van der Waals surface area (Å²) in [5.74, 6) is -0.00495. The number of anilines is 1. The van der Waals surface area contributed by atoms with Crippen molar-refractivity contribution in [3.8, 4) is 0 Å². The van der Waals surface area contributed by atoms with Crippen LogP contribution in [0.15, 0.2) is 24.3 Å². The predicted octanol–water partition coefficient (Wildman–Crippen LogP) is 1.78. The van der Waals surface area contributed by atoms with Crippen molar-refractivity contribution >= 4 is 11.6 Å². The van der Waals surface area contributed by atoms with Crippen LogP contribution < -0.4 is 5.32 Å². The van der Waals surface area contributed by atoms with Crippen LogP contribution in [0.3, 0.4) is 0 Å². The minimum atomic E-state index is -0.00495. The Bertz CT molecular complexity index is 434. The van der Waals surface area contributed by atoms with Gasteiger partial charge in [-0.25, -0.2) is 0 Å². The van der Waals surface area contributed by atoms with Crippen molar-refractivity contribution in [1.82, 2.24) is 4.90 Å². The molecule has 0 saturated carbocycles. The molecule has 1 aromatic carbocycles. The standard InChI is InChI=1S/C15H22N2O2/c1-12-6-2-3-8-14(12)16-15(19)10-17-9-5-4-7-13(17)11-18/h2-3,6,8,13,18H,4-5,7,9-11H2,1H3,(H,16,19). The lowest BCUT2D eigenvalue weighted by Crippen LogP contribution is -2.45. The maximum Gasteiger partial charge on any atom is 0.238 e. The lowest BCUT2D eigenvalue weighted by Gasteiger charge is -2.33. The van der Waals surface area contributed by atoms with Crippen LogP contribution in [0.1, 0.15) is 24.8 Å². The van der Waals surface area contributed by atoms with E-state index in [2.05, 4.69) is 10.2 Å². The van der Waals surface area contributed by atoms with E-state index < -0.39 is 0 Å². The van der Waals surface area contributed by atoms with E-state index in [1.807, 2.05) is 31.2 Å². The summed E-state index contributed by atoms with van der Waals surface area (Å²) in [5, 5.41) is 12.3. The SMILES string of the molecule is Cc1ccccc1NC(=O)CN1CCCCC1CO. The number of benzene rings is 1. The Kier molecular flexibility index (Phi) is 4.93. The van der Waals surface area contributed by atoms with Crippen molar-refractivity contribution in [3.05, 3.63) is 29.8 Å². The largest absolute Gasteiger partial charge is 0.395 e. The third-order valence-corrected chi connectivity index (χ3v) is 3.73. The minimum absolute atomic E-state index is 0.00495. The van der Waals surface area contributed by atoms with Gasteiger partial charge < -0.3 is 10.4 Å². The Morgan fingerprint density at radius 3 is 2.95 bits per heavy atom. The maximum absolute atomic E-state index is 12.1. The van der Waals surface area contributed by atoms with Crippen LogP contribution in [-0.2, 0) is 4.79 Å². The summed E-state index contributed by atoms with van der Waals surface area (Å²) in [6.07, 6.45) is 3.23. The molecule has 1 atom stereocenters. The van der Waals surface area contributed by atoms with Crippen LogP contribution in [0.4, 0.5) is 5.69 Å². The van der Waals surface area contributed by atoms with E-state index in [0.717, 1.165) is 37.1 Å². The zero-order valence-corrected chi connectivity index (χ0v) is 11.4. The first kappa shape index (κ1) is 14.0. The summed E-state index contributed by atoms with van der Waals surface area (Å²) in [7, 11) is 0. The van der Waals surface area contributed by atoms with Crippen LogP contribution in [-0.4, -0.2) is 41.7 Å². The molecule has 0 aliphatic carbocycles. The lowest BCUT2D eigenvalue weighted by atomic mass is 10.0. The number of nitrogens with one attached hydrogen (secondary N) is 1. The fraction of sp³-hybridized carbons (Fsp3) is 0.533. The number of carbonyl (C=O) groups is 1. The van der Waals surface area contributed by atoms with Crippen LogP contribution in [0.5, 0.6) is 0 Å². The van der Waals surface area contributed by atoms with Crippen LogP contribution in [0.25, 0.3) is 0 Å². The monoisotopic (exact) mass is 262 g/mol. The Hall–Kier alpha value is -1.39. The van der Waals surface area contributed by atoms with Crippen molar-refractivity contribution in [1.29, 1.82) is 0 Å². The number of likely N-dealkylation sites (tertiary alicyclic amines) is 1. The Balaban J connectivity index is 1.92. The van der Waals surface area contributed by atoms with Crippen molar-refractivity contribution in [2.75, 3.05) is 25.0 Å². The average molecular weight is 262 g/mol. The number of para-hydroxylation sites is 1. The maximum atomic E-state index is 12.1. The van der Waals surface area contributed by atoms with Gasteiger partial charge in [-0.05, 0) is 37.9 Å². The van der Waals surface area contributed by atoms with Gasteiger partial charge in [-0.2, -0.15) is 0 Å². The van der Waals surface area contributed by atoms with Crippen molar-refractivity contribution in [2.24, 2.45) is 0 Å². The lowest BCUT2D eigenvalue weighted by molar-refractivity contribution is -0.118. The van der Waals surface area contributed by atoms with Gasteiger partial charge in [0.15, 0.2) is 0 Å². The van der Waals surface area contributed by atoms with E-state index in [1.54, 1.807) is 0 Å². The van der Waals surface area contributed by atoms with E-state index in [1.165, 1.54) is 0 Å². The Morgan fingerprint density at radius 2 is 2.21 bits per heavy atom. The highest BCUT2D eigenvalue weighted by Crippen LogP contribution is 2.17. The molecule has 1 saturated heterocycles. The molecule has 1 unspecified atom stereocenters. The van der Waals surface area contributed by atoms with Crippen molar-refractivity contribution < 1.29 is 9.90 Å². The molecule has 4 nitrogen and oxygen atoms in total. The third-order valence-electron chi connectivity index (χ3n) is 3.73. The second-order valence-electron chi connectivity index (χ2n) is 5.17. The van der Waals surface area contributed by atoms with E-state index in [-0.39, 0.29) is 18.6 Å². The smallest absolute Gasteiger partial charge is 0.238 e.